The molecule has 0 aromatic heterocycles. The van der Waals surface area contributed by atoms with Gasteiger partial charge in [0.05, 0.1) is 0 Å². The van der Waals surface area contributed by atoms with E-state index >= 15 is 0 Å². The van der Waals surface area contributed by atoms with Crippen LogP contribution in [0.2, 0.25) is 0 Å². The van der Waals surface area contributed by atoms with Crippen LogP contribution in [0.3, 0.4) is 0 Å². The SMILES string of the molecule is NO[N+](=O)[O-]. The molecule has 0 aliphatic carbocycles. The average Bonchev–Trinajstić information content (AvgIpc) is 1.38. The predicted molar refractivity (Wildman–Crippen MR) is 12.3 cm³/mol. The number of rotatable bonds is 1. The van der Waals surface area contributed by atoms with Crippen LogP contribution in [0, 0.1) is 10.1 Å². The zero-order chi connectivity index (χ0) is 4.28. The van der Waals surface area contributed by atoms with E-state index < -0.39 is 5.09 Å². The minimum atomic E-state index is -1.10. The van der Waals surface area contributed by atoms with E-state index in [-0.39, 0.29) is 0 Å². The van der Waals surface area contributed by atoms with Crippen LogP contribution in [-0.4, -0.2) is 5.09 Å². The van der Waals surface area contributed by atoms with E-state index in [9.17, 15) is 0 Å². The maximum Gasteiger partial charge on any atom is 0.311 e. The van der Waals surface area contributed by atoms with E-state index in [1.165, 1.54) is 0 Å². The molecule has 5 heteroatoms. The number of hydrogen-bond donors (Lipinski definition) is 1. The van der Waals surface area contributed by atoms with Crippen LogP contribution in [0.1, 0.15) is 0 Å². The zero-order valence-electron chi connectivity index (χ0n) is 2.25. The van der Waals surface area contributed by atoms with E-state index in [0.29, 0.717) is 0 Å². The quantitative estimate of drug-likeness (QED) is 0.324. The first kappa shape index (κ1) is 4.16. The van der Waals surface area contributed by atoms with Gasteiger partial charge in [0.15, 0.2) is 0 Å². The molecule has 0 fully saturated rings. The lowest BCUT2D eigenvalue weighted by Gasteiger charge is -1.74. The Balaban J connectivity index is 2.85. The summed E-state index contributed by atoms with van der Waals surface area (Å²) < 4.78 is 0. The van der Waals surface area contributed by atoms with Gasteiger partial charge in [-0.2, -0.15) is 5.90 Å². The zero-order valence-corrected chi connectivity index (χ0v) is 2.25. The number of nitrogens with two attached hydrogens (primary N) is 1. The fourth-order valence-electron chi connectivity index (χ4n) is 0. The maximum atomic E-state index is 8.83. The van der Waals surface area contributed by atoms with Crippen LogP contribution in [0.25, 0.3) is 0 Å². The standard InChI is InChI=1S/H2N2O3/c1-5-2(3)4/h1H2. The Morgan fingerprint density at radius 2 is 2.20 bits per heavy atom. The van der Waals surface area contributed by atoms with Crippen LogP contribution in [0.15, 0.2) is 0 Å². The molecule has 2 N–H and O–H groups in total. The minimum absolute atomic E-state index is 1.10. The molecular formula is H2N2O3. The first-order valence-electron chi connectivity index (χ1n) is 0.783. The Kier molecular flexibility index (Phi) is 1.23. The number of nitrogens with zero attached hydrogens (tertiary/aromatic N) is 1. The van der Waals surface area contributed by atoms with E-state index in [1.807, 2.05) is 0 Å². The molecule has 0 aromatic rings. The van der Waals surface area contributed by atoms with Crippen LogP contribution in [0.4, 0.5) is 0 Å². The van der Waals surface area contributed by atoms with Crippen molar-refractivity contribution in [3.63, 3.8) is 0 Å². The maximum absolute atomic E-state index is 8.83. The molecule has 0 aliphatic heterocycles. The van der Waals surface area contributed by atoms with E-state index in [0.717, 1.165) is 0 Å². The molecule has 0 saturated heterocycles. The summed E-state index contributed by atoms with van der Waals surface area (Å²) in [6.45, 7) is 0. The molecule has 0 unspecified atom stereocenters. The van der Waals surface area contributed by atoms with Gasteiger partial charge in [0, 0.05) is 0 Å². The second kappa shape index (κ2) is 1.48. The molecule has 0 spiro atoms. The van der Waals surface area contributed by atoms with Crippen molar-refractivity contribution in [3.05, 3.63) is 10.1 Å². The molecule has 30 valence electrons. The van der Waals surface area contributed by atoms with Crippen molar-refractivity contribution >= 4 is 0 Å². The summed E-state index contributed by atoms with van der Waals surface area (Å²) in [6.07, 6.45) is 0. The monoisotopic (exact) mass is 78.0 g/mol. The summed E-state index contributed by atoms with van der Waals surface area (Å²) in [5.74, 6) is 3.97. The van der Waals surface area contributed by atoms with Crippen molar-refractivity contribution in [1.29, 1.82) is 0 Å². The first-order chi connectivity index (χ1) is 2.27. The highest BCUT2D eigenvalue weighted by Crippen LogP contribution is 1.52. The van der Waals surface area contributed by atoms with Crippen LogP contribution in [-0.2, 0) is 4.94 Å². The summed E-state index contributed by atoms with van der Waals surface area (Å²) in [6, 6.07) is 0. The molecule has 0 atom stereocenters. The lowest BCUT2D eigenvalue weighted by molar-refractivity contribution is -0.762. The first-order valence-corrected chi connectivity index (χ1v) is 0.783. The van der Waals surface area contributed by atoms with Crippen molar-refractivity contribution in [2.75, 3.05) is 0 Å². The van der Waals surface area contributed by atoms with E-state index in [1.54, 1.807) is 0 Å². The van der Waals surface area contributed by atoms with Gasteiger partial charge in [-0.05, 0) is 0 Å². The fraction of sp³-hybridized carbons (Fsp3) is 0. The van der Waals surface area contributed by atoms with Crippen LogP contribution >= 0.6 is 0 Å². The molecule has 0 bridgehead atoms. The third-order valence-corrected chi connectivity index (χ3v) is 0.0861. The Hall–Kier alpha value is -0.840. The molecule has 0 rings (SSSR count). The second-order valence-corrected chi connectivity index (χ2v) is 0.329. The summed E-state index contributed by atoms with van der Waals surface area (Å²) in [7, 11) is 0. The smallest absolute Gasteiger partial charge is 0.223 e. The highest BCUT2D eigenvalue weighted by molar-refractivity contribution is 3.85. The van der Waals surface area contributed by atoms with Crippen molar-refractivity contribution < 1.29 is 10.0 Å². The fourth-order valence-corrected chi connectivity index (χ4v) is 0. The lowest BCUT2D eigenvalue weighted by atomic mass is 13.0. The Morgan fingerprint density at radius 1 is 2.00 bits per heavy atom. The van der Waals surface area contributed by atoms with Gasteiger partial charge in [0.1, 0.15) is 0 Å². The molecule has 0 aromatic carbocycles. The molecule has 0 aliphatic rings. The molecular weight excluding hydrogens is 76.0 g/mol. The van der Waals surface area contributed by atoms with E-state index in [4.69, 9.17) is 10.1 Å². The molecule has 5 nitrogen and oxygen atoms in total. The Bertz CT molecular complexity index is 40.2. The normalized spacial score (nSPS) is 6.60. The molecule has 0 radical (unpaired) electrons. The van der Waals surface area contributed by atoms with Gasteiger partial charge in [-0.3, -0.25) is 0 Å². The predicted octanol–water partition coefficient (Wildman–Crippen LogP) is -0.932. The Morgan fingerprint density at radius 3 is 2.20 bits per heavy atom. The second-order valence-electron chi connectivity index (χ2n) is 0.329. The van der Waals surface area contributed by atoms with Gasteiger partial charge in [-0.1, -0.05) is 0 Å². The van der Waals surface area contributed by atoms with Crippen molar-refractivity contribution in [3.8, 4) is 0 Å². The van der Waals surface area contributed by atoms with Crippen LogP contribution in [0.5, 0.6) is 0 Å². The molecule has 0 amide bonds. The molecule has 5 heavy (non-hydrogen) atoms. The highest BCUT2D eigenvalue weighted by atomic mass is 17.0. The molecule has 0 saturated carbocycles. The van der Waals surface area contributed by atoms with Gasteiger partial charge in [0.2, 0.25) is 0 Å². The van der Waals surface area contributed by atoms with Gasteiger partial charge >= 0.3 is 5.09 Å². The summed E-state index contributed by atoms with van der Waals surface area (Å²) in [5.41, 5.74) is 0. The minimum Gasteiger partial charge on any atom is -0.223 e. The van der Waals surface area contributed by atoms with Gasteiger partial charge in [-0.15, -0.1) is 10.1 Å². The van der Waals surface area contributed by atoms with E-state index in [2.05, 4.69) is 10.8 Å². The Labute approximate surface area is 27.4 Å². The van der Waals surface area contributed by atoms with Crippen molar-refractivity contribution in [2.24, 2.45) is 5.90 Å². The summed E-state index contributed by atoms with van der Waals surface area (Å²) in [4.78, 5) is 11.8. The lowest BCUT2D eigenvalue weighted by Crippen LogP contribution is -2.05. The van der Waals surface area contributed by atoms with Crippen molar-refractivity contribution in [1.82, 2.24) is 0 Å². The number of hydrogen-bond acceptors (Lipinski definition) is 4. The van der Waals surface area contributed by atoms with Crippen molar-refractivity contribution in [2.45, 2.75) is 0 Å². The average molecular weight is 78.0 g/mol. The summed E-state index contributed by atoms with van der Waals surface area (Å²) in [5, 5.41) is 7.73. The molecule has 0 heterocycles. The van der Waals surface area contributed by atoms with Gasteiger partial charge in [-0.25, -0.2) is 4.94 Å². The third-order valence-electron chi connectivity index (χ3n) is 0.0861. The largest absolute Gasteiger partial charge is 0.311 e. The van der Waals surface area contributed by atoms with Gasteiger partial charge in [0.25, 0.3) is 0 Å². The van der Waals surface area contributed by atoms with Crippen LogP contribution < -0.4 is 5.90 Å². The third kappa shape index (κ3) is 3.16. The summed E-state index contributed by atoms with van der Waals surface area (Å²) >= 11 is 0. The van der Waals surface area contributed by atoms with Gasteiger partial charge < -0.3 is 0 Å². The topological polar surface area (TPSA) is 78.4 Å². The highest BCUT2D eigenvalue weighted by Gasteiger charge is 1.78.